The Morgan fingerprint density at radius 1 is 1.56 bits per heavy atom. The molecule has 0 unspecified atom stereocenters. The first kappa shape index (κ1) is 14.5. The normalized spacial score (nSPS) is 13.8. The second-order valence-corrected chi connectivity index (χ2v) is 4.02. The Hall–Kier alpha value is -1.59. The molecule has 0 radical (unpaired) electrons. The highest BCUT2D eigenvalue weighted by molar-refractivity contribution is 5.82. The van der Waals surface area contributed by atoms with E-state index >= 15 is 0 Å². The molecule has 0 fully saturated rings. The summed E-state index contributed by atoms with van der Waals surface area (Å²) in [6.45, 7) is 4.00. The summed E-state index contributed by atoms with van der Waals surface area (Å²) in [5.41, 5.74) is 6.36. The fraction of sp³-hybridized carbons (Fsp3) is 0.462. The summed E-state index contributed by atoms with van der Waals surface area (Å²) >= 11 is 0. The second-order valence-electron chi connectivity index (χ2n) is 4.02. The van der Waals surface area contributed by atoms with Crippen LogP contribution in [0.5, 0.6) is 5.75 Å². The number of ether oxygens (including phenoxy) is 1. The van der Waals surface area contributed by atoms with Crippen LogP contribution in [0.25, 0.3) is 0 Å². The van der Waals surface area contributed by atoms with Gasteiger partial charge in [-0.2, -0.15) is 0 Å². The summed E-state index contributed by atoms with van der Waals surface area (Å²) in [4.78, 5) is 11.5. The van der Waals surface area contributed by atoms with Crippen molar-refractivity contribution >= 4 is 5.91 Å². The number of rotatable bonds is 6. The molecule has 1 aromatic rings. The van der Waals surface area contributed by atoms with Crippen molar-refractivity contribution in [3.8, 4) is 5.75 Å². The van der Waals surface area contributed by atoms with Crippen molar-refractivity contribution in [1.82, 2.24) is 5.32 Å². The molecule has 0 aliphatic rings. The molecule has 1 amide bonds. The minimum absolute atomic E-state index is 0.185. The molecule has 0 heterocycles. The van der Waals surface area contributed by atoms with E-state index in [0.29, 0.717) is 6.61 Å². The minimum Gasteiger partial charge on any atom is -0.494 e. The van der Waals surface area contributed by atoms with Crippen molar-refractivity contribution in [1.29, 1.82) is 0 Å². The van der Waals surface area contributed by atoms with E-state index in [0.717, 1.165) is 11.3 Å². The lowest BCUT2D eigenvalue weighted by Gasteiger charge is -2.17. The van der Waals surface area contributed by atoms with E-state index in [4.69, 9.17) is 15.6 Å². The summed E-state index contributed by atoms with van der Waals surface area (Å²) in [6.07, 6.45) is 0. The van der Waals surface area contributed by atoms with E-state index in [1.54, 1.807) is 0 Å². The molecule has 5 nitrogen and oxygen atoms in total. The van der Waals surface area contributed by atoms with Gasteiger partial charge in [0.05, 0.1) is 19.3 Å². The second kappa shape index (κ2) is 6.98. The predicted molar refractivity (Wildman–Crippen MR) is 69.2 cm³/mol. The summed E-state index contributed by atoms with van der Waals surface area (Å²) in [5, 5.41) is 11.5. The number of nitrogens with one attached hydrogen (secondary N) is 1. The van der Waals surface area contributed by atoms with E-state index in [1.165, 1.54) is 0 Å². The molecule has 1 rings (SSSR count). The number of aliphatic hydroxyl groups excluding tert-OH is 1. The molecular formula is C13H20N2O3. The van der Waals surface area contributed by atoms with Gasteiger partial charge in [0.2, 0.25) is 5.91 Å². The first-order valence-electron chi connectivity index (χ1n) is 5.98. The van der Waals surface area contributed by atoms with Crippen molar-refractivity contribution in [2.45, 2.75) is 25.9 Å². The van der Waals surface area contributed by atoms with Gasteiger partial charge >= 0.3 is 0 Å². The molecule has 5 heteroatoms. The quantitative estimate of drug-likeness (QED) is 0.691. The average Bonchev–Trinajstić information content (AvgIpc) is 2.38. The van der Waals surface area contributed by atoms with Crippen molar-refractivity contribution in [2.24, 2.45) is 5.73 Å². The van der Waals surface area contributed by atoms with Crippen LogP contribution >= 0.6 is 0 Å². The number of amides is 1. The maximum atomic E-state index is 11.5. The third-order valence-corrected chi connectivity index (χ3v) is 2.56. The Kier molecular flexibility index (Phi) is 5.61. The highest BCUT2D eigenvalue weighted by atomic mass is 16.5. The van der Waals surface area contributed by atoms with Gasteiger partial charge in [-0.1, -0.05) is 12.1 Å². The van der Waals surface area contributed by atoms with Crippen LogP contribution in [0.3, 0.4) is 0 Å². The molecule has 1 aromatic carbocycles. The predicted octanol–water partition coefficient (Wildman–Crippen LogP) is 0.582. The van der Waals surface area contributed by atoms with Crippen molar-refractivity contribution in [2.75, 3.05) is 13.2 Å². The largest absolute Gasteiger partial charge is 0.494 e. The minimum atomic E-state index is -0.887. The van der Waals surface area contributed by atoms with Gasteiger partial charge in [0.1, 0.15) is 11.8 Å². The molecule has 100 valence electrons. The zero-order chi connectivity index (χ0) is 13.5. The van der Waals surface area contributed by atoms with Crippen LogP contribution in [0.1, 0.15) is 25.5 Å². The van der Waals surface area contributed by atoms with E-state index in [1.807, 2.05) is 38.1 Å². The Morgan fingerprint density at radius 2 is 2.28 bits per heavy atom. The van der Waals surface area contributed by atoms with Crippen molar-refractivity contribution in [3.63, 3.8) is 0 Å². The SMILES string of the molecule is CCOc1cccc([C@@H](C)NC(=O)[C@H](N)CO)c1. The van der Waals surface area contributed by atoms with Crippen LogP contribution in [0.15, 0.2) is 24.3 Å². The highest BCUT2D eigenvalue weighted by Gasteiger charge is 2.15. The van der Waals surface area contributed by atoms with Crippen LogP contribution in [0.2, 0.25) is 0 Å². The highest BCUT2D eigenvalue weighted by Crippen LogP contribution is 2.19. The van der Waals surface area contributed by atoms with Crippen molar-refractivity contribution in [3.05, 3.63) is 29.8 Å². The molecular weight excluding hydrogens is 232 g/mol. The van der Waals surface area contributed by atoms with Gasteiger partial charge in [0, 0.05) is 0 Å². The van der Waals surface area contributed by atoms with Crippen LogP contribution in [-0.4, -0.2) is 30.3 Å². The summed E-state index contributed by atoms with van der Waals surface area (Å²) in [7, 11) is 0. The third kappa shape index (κ3) is 4.01. The average molecular weight is 252 g/mol. The standard InChI is InChI=1S/C13H20N2O3/c1-3-18-11-6-4-5-10(7-11)9(2)15-13(17)12(14)8-16/h4-7,9,12,16H,3,8,14H2,1-2H3,(H,15,17)/t9-,12-/m1/s1. The number of nitrogens with two attached hydrogens (primary N) is 1. The maximum absolute atomic E-state index is 11.5. The molecule has 0 aliphatic carbocycles. The van der Waals surface area contributed by atoms with Crippen molar-refractivity contribution < 1.29 is 14.6 Å². The lowest BCUT2D eigenvalue weighted by Crippen LogP contribution is -2.43. The van der Waals surface area contributed by atoms with Crippen LogP contribution in [0, 0.1) is 0 Å². The van der Waals surface area contributed by atoms with Crippen LogP contribution in [0.4, 0.5) is 0 Å². The first-order chi connectivity index (χ1) is 8.58. The van der Waals surface area contributed by atoms with Crippen LogP contribution in [-0.2, 0) is 4.79 Å². The molecule has 18 heavy (non-hydrogen) atoms. The number of aliphatic hydroxyl groups is 1. The molecule has 0 bridgehead atoms. The Bertz CT molecular complexity index is 396. The summed E-state index contributed by atoms with van der Waals surface area (Å²) in [5.74, 6) is 0.398. The monoisotopic (exact) mass is 252 g/mol. The van der Waals surface area contributed by atoms with Gasteiger partial charge in [0.25, 0.3) is 0 Å². The zero-order valence-corrected chi connectivity index (χ0v) is 10.7. The fourth-order valence-corrected chi connectivity index (χ4v) is 1.53. The number of carbonyl (C=O) groups is 1. The van der Waals surface area contributed by atoms with Crippen LogP contribution < -0.4 is 15.8 Å². The third-order valence-electron chi connectivity index (χ3n) is 2.56. The van der Waals surface area contributed by atoms with E-state index in [-0.39, 0.29) is 18.6 Å². The molecule has 0 saturated heterocycles. The molecule has 2 atom stereocenters. The lowest BCUT2D eigenvalue weighted by atomic mass is 10.1. The maximum Gasteiger partial charge on any atom is 0.239 e. The van der Waals surface area contributed by atoms with E-state index < -0.39 is 6.04 Å². The molecule has 0 spiro atoms. The molecule has 0 aliphatic heterocycles. The Labute approximate surface area is 107 Å². The summed E-state index contributed by atoms with van der Waals surface area (Å²) in [6, 6.07) is 6.44. The lowest BCUT2D eigenvalue weighted by molar-refractivity contribution is -0.123. The fourth-order valence-electron chi connectivity index (χ4n) is 1.53. The number of carbonyl (C=O) groups excluding carboxylic acids is 1. The number of benzene rings is 1. The molecule has 4 N–H and O–H groups in total. The van der Waals surface area contributed by atoms with Gasteiger partial charge in [-0.05, 0) is 31.5 Å². The molecule has 0 aromatic heterocycles. The number of hydrogen-bond acceptors (Lipinski definition) is 4. The summed E-state index contributed by atoms with van der Waals surface area (Å²) < 4.78 is 5.39. The van der Waals surface area contributed by atoms with Gasteiger partial charge in [-0.15, -0.1) is 0 Å². The Balaban J connectivity index is 2.68. The topological polar surface area (TPSA) is 84.6 Å². The zero-order valence-electron chi connectivity index (χ0n) is 10.7. The smallest absolute Gasteiger partial charge is 0.239 e. The number of hydrogen-bond donors (Lipinski definition) is 3. The van der Waals surface area contributed by atoms with Gasteiger partial charge in [0.15, 0.2) is 0 Å². The van der Waals surface area contributed by atoms with Gasteiger partial charge < -0.3 is 20.9 Å². The Morgan fingerprint density at radius 3 is 2.89 bits per heavy atom. The van der Waals surface area contributed by atoms with E-state index in [9.17, 15) is 4.79 Å². The van der Waals surface area contributed by atoms with Gasteiger partial charge in [-0.25, -0.2) is 0 Å². The first-order valence-corrected chi connectivity index (χ1v) is 5.98. The van der Waals surface area contributed by atoms with Gasteiger partial charge in [-0.3, -0.25) is 4.79 Å². The van der Waals surface area contributed by atoms with E-state index in [2.05, 4.69) is 5.32 Å². The molecule has 0 saturated carbocycles.